The van der Waals surface area contributed by atoms with Gasteiger partial charge in [0.1, 0.15) is 11.4 Å². The average molecular weight is 462 g/mol. The summed E-state index contributed by atoms with van der Waals surface area (Å²) in [6.45, 7) is 11.7. The summed E-state index contributed by atoms with van der Waals surface area (Å²) in [6.07, 6.45) is 1.55. The van der Waals surface area contributed by atoms with Crippen LogP contribution in [0.5, 0.6) is 5.75 Å². The third kappa shape index (κ3) is 6.56. The largest absolute Gasteiger partial charge is 0.508 e. The number of amides is 2. The number of phenolic OH excluding ortho intramolecular Hbond substituents is 1. The van der Waals surface area contributed by atoms with E-state index in [1.807, 2.05) is 47.6 Å². The lowest BCUT2D eigenvalue weighted by Gasteiger charge is -2.21. The summed E-state index contributed by atoms with van der Waals surface area (Å²) in [5, 5.41) is 16.0. The van der Waals surface area contributed by atoms with Crippen LogP contribution in [0.1, 0.15) is 63.2 Å². The molecule has 0 aliphatic heterocycles. The molecule has 156 valence electrons. The normalized spacial score (nSPS) is 11.8. The number of pyridine rings is 1. The zero-order valence-electron chi connectivity index (χ0n) is 17.7. The van der Waals surface area contributed by atoms with Crippen LogP contribution in [-0.4, -0.2) is 27.4 Å². The Labute approximate surface area is 180 Å². The van der Waals surface area contributed by atoms with Gasteiger partial charge in [-0.2, -0.15) is 0 Å². The summed E-state index contributed by atoms with van der Waals surface area (Å²) in [5.74, 6) is -0.408. The van der Waals surface area contributed by atoms with E-state index < -0.39 is 0 Å². The molecule has 0 radical (unpaired) electrons. The Morgan fingerprint density at radius 1 is 1.10 bits per heavy atom. The number of nitrogens with zero attached hydrogens (tertiary/aromatic N) is 1. The van der Waals surface area contributed by atoms with Crippen LogP contribution in [0, 0.1) is 0 Å². The smallest absolute Gasteiger partial charge is 0.270 e. The van der Waals surface area contributed by atoms with E-state index in [0.29, 0.717) is 11.3 Å². The summed E-state index contributed by atoms with van der Waals surface area (Å²) in [5.41, 5.74) is 1.59. The number of rotatable bonds is 4. The van der Waals surface area contributed by atoms with Gasteiger partial charge in [0.15, 0.2) is 0 Å². The molecule has 0 spiro atoms. The van der Waals surface area contributed by atoms with Gasteiger partial charge in [-0.15, -0.1) is 0 Å². The van der Waals surface area contributed by atoms with E-state index >= 15 is 0 Å². The van der Waals surface area contributed by atoms with Gasteiger partial charge in [-0.1, -0.05) is 36.7 Å². The highest BCUT2D eigenvalue weighted by Crippen LogP contribution is 2.35. The molecule has 0 atom stereocenters. The van der Waals surface area contributed by atoms with Crippen molar-refractivity contribution in [1.29, 1.82) is 0 Å². The predicted molar refractivity (Wildman–Crippen MR) is 118 cm³/mol. The van der Waals surface area contributed by atoms with E-state index in [1.54, 1.807) is 12.1 Å². The maximum Gasteiger partial charge on any atom is 0.270 e. The second-order valence-electron chi connectivity index (χ2n) is 9.07. The second kappa shape index (κ2) is 8.53. The maximum absolute atomic E-state index is 12.5. The molecule has 29 heavy (non-hydrogen) atoms. The quantitative estimate of drug-likeness (QED) is 0.622. The number of carbonyl (C=O) groups is 2. The van der Waals surface area contributed by atoms with Crippen LogP contribution in [-0.2, 0) is 16.6 Å². The Kier molecular flexibility index (Phi) is 6.73. The molecule has 7 heteroatoms. The number of aromatic hydroxyl groups is 1. The lowest BCUT2D eigenvalue weighted by Crippen LogP contribution is -2.40. The highest BCUT2D eigenvalue weighted by Gasteiger charge is 2.21. The lowest BCUT2D eigenvalue weighted by molar-refractivity contribution is -0.115. The summed E-state index contributed by atoms with van der Waals surface area (Å²) < 4.78 is 0.760. The van der Waals surface area contributed by atoms with Crippen molar-refractivity contribution in [2.75, 3.05) is 5.32 Å². The number of nitrogens with one attached hydrogen (secondary N) is 2. The van der Waals surface area contributed by atoms with Crippen molar-refractivity contribution in [1.82, 2.24) is 10.3 Å². The van der Waals surface area contributed by atoms with Gasteiger partial charge < -0.3 is 15.7 Å². The van der Waals surface area contributed by atoms with E-state index in [2.05, 4.69) is 31.5 Å². The number of benzene rings is 1. The van der Waals surface area contributed by atoms with Crippen molar-refractivity contribution in [2.45, 2.75) is 58.9 Å². The zero-order chi connectivity index (χ0) is 22.0. The number of hydrogen-bond donors (Lipinski definition) is 3. The second-order valence-corrected chi connectivity index (χ2v) is 9.92. The number of phenols is 1. The van der Waals surface area contributed by atoms with Gasteiger partial charge in [0.25, 0.3) is 5.91 Å². The van der Waals surface area contributed by atoms with Crippen molar-refractivity contribution in [3.8, 4) is 5.75 Å². The van der Waals surface area contributed by atoms with Crippen LogP contribution in [0.25, 0.3) is 0 Å². The first kappa shape index (κ1) is 22.9. The standard InChI is InChI=1S/C22H28BrN3O3/c1-21(2,3)15-12-16(23)13(9-18(15)27)10-19(28)25-14-7-8-24-17(11-14)20(29)26-22(4,5)6/h7-9,11-12,27H,10H2,1-6H3,(H,26,29)(H,24,25,28). The Morgan fingerprint density at radius 3 is 2.34 bits per heavy atom. The fourth-order valence-corrected chi connectivity index (χ4v) is 3.24. The molecule has 0 saturated carbocycles. The summed E-state index contributed by atoms with van der Waals surface area (Å²) in [6, 6.07) is 6.62. The topological polar surface area (TPSA) is 91.3 Å². The molecule has 0 aliphatic carbocycles. The first-order valence-corrected chi connectivity index (χ1v) is 10.2. The van der Waals surface area contributed by atoms with Gasteiger partial charge in [0, 0.05) is 27.5 Å². The van der Waals surface area contributed by atoms with Gasteiger partial charge in [-0.3, -0.25) is 14.6 Å². The molecular formula is C22H28BrN3O3. The predicted octanol–water partition coefficient (Wildman–Crippen LogP) is 4.56. The number of halogens is 1. The lowest BCUT2D eigenvalue weighted by atomic mass is 9.85. The zero-order valence-corrected chi connectivity index (χ0v) is 19.3. The third-order valence-electron chi connectivity index (χ3n) is 4.09. The van der Waals surface area contributed by atoms with E-state index in [1.165, 1.54) is 12.3 Å². The molecule has 2 aromatic rings. The van der Waals surface area contributed by atoms with Crippen LogP contribution in [0.3, 0.4) is 0 Å². The average Bonchev–Trinajstić information content (AvgIpc) is 2.55. The molecule has 0 unspecified atom stereocenters. The Hall–Kier alpha value is -2.41. The molecule has 1 aromatic carbocycles. The SMILES string of the molecule is CC(C)(C)NC(=O)c1cc(NC(=O)Cc2cc(O)c(C(C)(C)C)cc2Br)ccn1. The minimum Gasteiger partial charge on any atom is -0.508 e. The molecule has 1 aromatic heterocycles. The van der Waals surface area contributed by atoms with Crippen molar-refractivity contribution in [3.05, 3.63) is 51.8 Å². The molecule has 2 rings (SSSR count). The fraction of sp³-hybridized carbons (Fsp3) is 0.409. The maximum atomic E-state index is 12.5. The molecule has 0 fully saturated rings. The highest BCUT2D eigenvalue weighted by molar-refractivity contribution is 9.10. The van der Waals surface area contributed by atoms with Crippen molar-refractivity contribution >= 4 is 33.4 Å². The van der Waals surface area contributed by atoms with Crippen molar-refractivity contribution < 1.29 is 14.7 Å². The molecule has 0 saturated heterocycles. The molecule has 3 N–H and O–H groups in total. The minimum absolute atomic E-state index is 0.0738. The molecule has 2 amide bonds. The van der Waals surface area contributed by atoms with Crippen LogP contribution >= 0.6 is 15.9 Å². The van der Waals surface area contributed by atoms with Crippen LogP contribution < -0.4 is 10.6 Å². The monoisotopic (exact) mass is 461 g/mol. The van der Waals surface area contributed by atoms with E-state index in [0.717, 1.165) is 10.0 Å². The number of hydrogen-bond acceptors (Lipinski definition) is 4. The minimum atomic E-state index is -0.383. The summed E-state index contributed by atoms with van der Waals surface area (Å²) in [7, 11) is 0. The fourth-order valence-electron chi connectivity index (χ4n) is 2.76. The Bertz CT molecular complexity index is 928. The van der Waals surface area contributed by atoms with Gasteiger partial charge in [0.2, 0.25) is 5.91 Å². The van der Waals surface area contributed by atoms with Crippen LogP contribution in [0.4, 0.5) is 5.69 Å². The first-order chi connectivity index (χ1) is 13.3. The van der Waals surface area contributed by atoms with Crippen LogP contribution in [0.15, 0.2) is 34.9 Å². The molecule has 1 heterocycles. The third-order valence-corrected chi connectivity index (χ3v) is 4.83. The van der Waals surface area contributed by atoms with E-state index in [9.17, 15) is 14.7 Å². The van der Waals surface area contributed by atoms with Crippen LogP contribution in [0.2, 0.25) is 0 Å². The molecular weight excluding hydrogens is 434 g/mol. The number of aromatic nitrogens is 1. The first-order valence-electron chi connectivity index (χ1n) is 9.36. The Morgan fingerprint density at radius 2 is 1.76 bits per heavy atom. The highest BCUT2D eigenvalue weighted by atomic mass is 79.9. The molecule has 6 nitrogen and oxygen atoms in total. The van der Waals surface area contributed by atoms with Crippen molar-refractivity contribution in [2.24, 2.45) is 0 Å². The Balaban J connectivity index is 2.13. The van der Waals surface area contributed by atoms with Crippen molar-refractivity contribution in [3.63, 3.8) is 0 Å². The number of anilines is 1. The number of carbonyl (C=O) groups excluding carboxylic acids is 2. The summed E-state index contributed by atoms with van der Waals surface area (Å²) >= 11 is 3.49. The van der Waals surface area contributed by atoms with Gasteiger partial charge in [-0.05, 0) is 56.0 Å². The summed E-state index contributed by atoms with van der Waals surface area (Å²) in [4.78, 5) is 28.8. The molecule has 0 bridgehead atoms. The molecule has 0 aliphatic rings. The van der Waals surface area contributed by atoms with Gasteiger partial charge >= 0.3 is 0 Å². The van der Waals surface area contributed by atoms with E-state index in [-0.39, 0.29) is 40.6 Å². The van der Waals surface area contributed by atoms with E-state index in [4.69, 9.17) is 0 Å². The van der Waals surface area contributed by atoms with Gasteiger partial charge in [-0.25, -0.2) is 0 Å². The van der Waals surface area contributed by atoms with Gasteiger partial charge in [0.05, 0.1) is 6.42 Å².